The monoisotopic (exact) mass is 503 g/mol. The SMILES string of the molecule is CCn1nc(-c2cc(C)on2)c(CC(=O)NC2CCC3(CC2)CCN(CCC(C)(C)C)CC3)c1Cl. The third-order valence-electron chi connectivity index (χ3n) is 8.00. The van der Waals surface area contributed by atoms with Gasteiger partial charge in [-0.1, -0.05) is 37.5 Å². The zero-order chi connectivity index (χ0) is 25.2. The van der Waals surface area contributed by atoms with Crippen molar-refractivity contribution in [3.8, 4) is 11.4 Å². The summed E-state index contributed by atoms with van der Waals surface area (Å²) in [4.78, 5) is 15.7. The Kier molecular flexibility index (Phi) is 7.96. The van der Waals surface area contributed by atoms with Crippen LogP contribution in [-0.4, -0.2) is 51.4 Å². The lowest BCUT2D eigenvalue weighted by Gasteiger charge is -2.46. The van der Waals surface area contributed by atoms with E-state index in [2.05, 4.69) is 41.2 Å². The van der Waals surface area contributed by atoms with E-state index < -0.39 is 0 Å². The fourth-order valence-corrected chi connectivity index (χ4v) is 5.90. The second-order valence-electron chi connectivity index (χ2n) is 11.9. The summed E-state index contributed by atoms with van der Waals surface area (Å²) in [5.41, 5.74) is 2.84. The molecule has 1 spiro atoms. The van der Waals surface area contributed by atoms with Crippen LogP contribution in [-0.2, 0) is 17.8 Å². The highest BCUT2D eigenvalue weighted by molar-refractivity contribution is 6.31. The normalized spacial score (nSPS) is 19.4. The predicted octanol–water partition coefficient (Wildman–Crippen LogP) is 5.64. The lowest BCUT2D eigenvalue weighted by atomic mass is 9.67. The Morgan fingerprint density at radius 3 is 2.49 bits per heavy atom. The molecule has 3 heterocycles. The molecular weight excluding hydrogens is 462 g/mol. The maximum atomic E-state index is 13.0. The molecule has 1 saturated carbocycles. The Morgan fingerprint density at radius 2 is 1.91 bits per heavy atom. The van der Waals surface area contributed by atoms with Crippen molar-refractivity contribution in [3.05, 3.63) is 22.5 Å². The minimum Gasteiger partial charge on any atom is -0.361 e. The molecule has 0 atom stereocenters. The number of nitrogens with zero attached hydrogens (tertiary/aromatic N) is 4. The summed E-state index contributed by atoms with van der Waals surface area (Å²) in [5, 5.41) is 12.5. The van der Waals surface area contributed by atoms with E-state index in [0.717, 1.165) is 12.8 Å². The predicted molar refractivity (Wildman–Crippen MR) is 139 cm³/mol. The van der Waals surface area contributed by atoms with E-state index in [1.165, 1.54) is 51.7 Å². The fourth-order valence-electron chi connectivity index (χ4n) is 5.59. The van der Waals surface area contributed by atoms with Crippen LogP contribution in [0.5, 0.6) is 0 Å². The molecule has 1 aliphatic heterocycles. The van der Waals surface area contributed by atoms with Gasteiger partial charge in [-0.05, 0) is 89.3 Å². The summed E-state index contributed by atoms with van der Waals surface area (Å²) in [5.74, 6) is 0.704. The molecule has 2 aliphatic rings. The highest BCUT2D eigenvalue weighted by Gasteiger charge is 2.38. The Hall–Kier alpha value is -1.86. The van der Waals surface area contributed by atoms with Gasteiger partial charge in [-0.25, -0.2) is 0 Å². The number of hydrogen-bond acceptors (Lipinski definition) is 5. The van der Waals surface area contributed by atoms with Crippen molar-refractivity contribution in [1.82, 2.24) is 25.2 Å². The smallest absolute Gasteiger partial charge is 0.224 e. The van der Waals surface area contributed by atoms with E-state index in [1.54, 1.807) is 4.68 Å². The van der Waals surface area contributed by atoms with Gasteiger partial charge in [0.25, 0.3) is 0 Å². The van der Waals surface area contributed by atoms with Gasteiger partial charge in [-0.15, -0.1) is 0 Å². The van der Waals surface area contributed by atoms with Gasteiger partial charge in [-0.3, -0.25) is 9.48 Å². The van der Waals surface area contributed by atoms with Crippen LogP contribution in [0.25, 0.3) is 11.4 Å². The average molecular weight is 504 g/mol. The number of hydrogen-bond donors (Lipinski definition) is 1. The third kappa shape index (κ3) is 6.48. The average Bonchev–Trinajstić information content (AvgIpc) is 3.37. The van der Waals surface area contributed by atoms with Crippen molar-refractivity contribution in [1.29, 1.82) is 0 Å². The van der Waals surface area contributed by atoms with Gasteiger partial charge in [-0.2, -0.15) is 5.10 Å². The molecule has 7 nitrogen and oxygen atoms in total. The van der Waals surface area contributed by atoms with E-state index in [0.29, 0.717) is 45.2 Å². The second-order valence-corrected chi connectivity index (χ2v) is 12.3. The summed E-state index contributed by atoms with van der Waals surface area (Å²) >= 11 is 6.59. The number of carbonyl (C=O) groups excluding carboxylic acids is 1. The van der Waals surface area contributed by atoms with Crippen LogP contribution in [0.4, 0.5) is 0 Å². The maximum Gasteiger partial charge on any atom is 0.224 e. The summed E-state index contributed by atoms with van der Waals surface area (Å²) in [6.45, 7) is 15.1. The number of nitrogens with one attached hydrogen (secondary N) is 1. The van der Waals surface area contributed by atoms with Gasteiger partial charge in [0.1, 0.15) is 22.3 Å². The van der Waals surface area contributed by atoms with Crippen LogP contribution >= 0.6 is 11.6 Å². The van der Waals surface area contributed by atoms with Crippen LogP contribution in [0, 0.1) is 17.8 Å². The number of likely N-dealkylation sites (tertiary alicyclic amines) is 1. The number of carbonyl (C=O) groups is 1. The van der Waals surface area contributed by atoms with Gasteiger partial charge in [0, 0.05) is 24.2 Å². The molecule has 2 fully saturated rings. The van der Waals surface area contributed by atoms with Gasteiger partial charge < -0.3 is 14.7 Å². The molecule has 1 aliphatic carbocycles. The molecule has 0 radical (unpaired) electrons. The molecule has 1 amide bonds. The summed E-state index contributed by atoms with van der Waals surface area (Å²) in [7, 11) is 0. The van der Waals surface area contributed by atoms with Crippen molar-refractivity contribution >= 4 is 17.5 Å². The van der Waals surface area contributed by atoms with Crippen molar-refractivity contribution in [2.75, 3.05) is 19.6 Å². The molecule has 0 unspecified atom stereocenters. The molecule has 8 heteroatoms. The van der Waals surface area contributed by atoms with E-state index in [1.807, 2.05) is 19.9 Å². The molecule has 0 bridgehead atoms. The van der Waals surface area contributed by atoms with Gasteiger partial charge in [0.15, 0.2) is 0 Å². The van der Waals surface area contributed by atoms with Crippen LogP contribution in [0.2, 0.25) is 5.15 Å². The number of piperidine rings is 1. The second kappa shape index (κ2) is 10.6. The Balaban J connectivity index is 1.29. The molecule has 1 saturated heterocycles. The summed E-state index contributed by atoms with van der Waals surface area (Å²) in [6.07, 6.45) is 8.59. The van der Waals surface area contributed by atoms with Gasteiger partial charge in [0.2, 0.25) is 5.91 Å². The first kappa shape index (κ1) is 26.2. The number of amides is 1. The molecule has 4 rings (SSSR count). The molecular formula is C27H42ClN5O2. The van der Waals surface area contributed by atoms with Crippen LogP contribution < -0.4 is 5.32 Å². The molecule has 2 aromatic heterocycles. The van der Waals surface area contributed by atoms with E-state index >= 15 is 0 Å². The quantitative estimate of drug-likeness (QED) is 0.529. The fraction of sp³-hybridized carbons (Fsp3) is 0.741. The highest BCUT2D eigenvalue weighted by atomic mass is 35.5. The van der Waals surface area contributed by atoms with Crippen molar-refractivity contribution in [2.24, 2.45) is 10.8 Å². The Labute approximate surface area is 214 Å². The molecule has 194 valence electrons. The number of rotatable bonds is 7. The number of aromatic nitrogens is 3. The topological polar surface area (TPSA) is 76.2 Å². The van der Waals surface area contributed by atoms with Crippen LogP contribution in [0.3, 0.4) is 0 Å². The number of aryl methyl sites for hydroxylation is 2. The first-order valence-electron chi connectivity index (χ1n) is 13.3. The van der Waals surface area contributed by atoms with E-state index in [9.17, 15) is 4.79 Å². The molecule has 35 heavy (non-hydrogen) atoms. The van der Waals surface area contributed by atoms with Gasteiger partial charge >= 0.3 is 0 Å². The molecule has 1 N–H and O–H groups in total. The third-order valence-corrected chi connectivity index (χ3v) is 8.42. The Bertz CT molecular complexity index is 1000. The van der Waals surface area contributed by atoms with Crippen LogP contribution in [0.1, 0.15) is 84.0 Å². The minimum atomic E-state index is 0.00182. The largest absolute Gasteiger partial charge is 0.361 e. The van der Waals surface area contributed by atoms with E-state index in [4.69, 9.17) is 16.1 Å². The van der Waals surface area contributed by atoms with Crippen molar-refractivity contribution in [3.63, 3.8) is 0 Å². The van der Waals surface area contributed by atoms with Crippen LogP contribution in [0.15, 0.2) is 10.6 Å². The zero-order valence-electron chi connectivity index (χ0n) is 22.1. The lowest BCUT2D eigenvalue weighted by molar-refractivity contribution is -0.121. The van der Waals surface area contributed by atoms with Crippen molar-refractivity contribution < 1.29 is 9.32 Å². The minimum absolute atomic E-state index is 0.00182. The first-order chi connectivity index (χ1) is 16.6. The van der Waals surface area contributed by atoms with Crippen molar-refractivity contribution in [2.45, 2.75) is 98.6 Å². The molecule has 0 aromatic carbocycles. The highest BCUT2D eigenvalue weighted by Crippen LogP contribution is 2.44. The first-order valence-corrected chi connectivity index (χ1v) is 13.7. The van der Waals surface area contributed by atoms with E-state index in [-0.39, 0.29) is 18.4 Å². The molecule has 2 aromatic rings. The standard InChI is InChI=1S/C27H42ClN5O2/c1-6-33-25(28)21(24(30-33)22-17-19(2)35-31-22)18-23(34)29-20-7-9-27(10-8-20)12-15-32(16-13-27)14-11-26(3,4)5/h17,20H,6-16,18H2,1-5H3,(H,29,34). The van der Waals surface area contributed by atoms with Gasteiger partial charge in [0.05, 0.1) is 6.42 Å². The zero-order valence-corrected chi connectivity index (χ0v) is 22.9. The maximum absolute atomic E-state index is 13.0. The lowest BCUT2D eigenvalue weighted by Crippen LogP contribution is -2.46. The Morgan fingerprint density at radius 1 is 1.23 bits per heavy atom. The number of halogens is 1. The summed E-state index contributed by atoms with van der Waals surface area (Å²) < 4.78 is 6.94. The summed E-state index contributed by atoms with van der Waals surface area (Å²) in [6, 6.07) is 2.07.